The van der Waals surface area contributed by atoms with Gasteiger partial charge in [0.15, 0.2) is 0 Å². The van der Waals surface area contributed by atoms with E-state index in [1.807, 2.05) is 25.1 Å². The van der Waals surface area contributed by atoms with Gasteiger partial charge in [-0.2, -0.15) is 0 Å². The maximum atomic E-state index is 11.2. The first-order valence-electron chi connectivity index (χ1n) is 7.53. The van der Waals surface area contributed by atoms with Crippen LogP contribution < -0.4 is 10.4 Å². The Hall–Kier alpha value is -2.27. The second-order valence-electron chi connectivity index (χ2n) is 5.26. The van der Waals surface area contributed by atoms with Gasteiger partial charge in [-0.3, -0.25) is 0 Å². The fourth-order valence-electron chi connectivity index (χ4n) is 2.27. The van der Waals surface area contributed by atoms with Gasteiger partial charge in [-0.15, -0.1) is 11.8 Å². The van der Waals surface area contributed by atoms with E-state index in [-0.39, 0.29) is 5.69 Å². The molecule has 4 nitrogen and oxygen atoms in total. The van der Waals surface area contributed by atoms with Crippen LogP contribution in [-0.2, 0) is 0 Å². The number of nitrogens with zero attached hydrogens (tertiary/aromatic N) is 1. The van der Waals surface area contributed by atoms with Crippen LogP contribution in [0.3, 0.4) is 0 Å². The molecule has 3 aromatic rings. The quantitative estimate of drug-likeness (QED) is 0.425. The van der Waals surface area contributed by atoms with Crippen LogP contribution in [0.5, 0.6) is 5.75 Å². The van der Waals surface area contributed by atoms with Crippen LogP contribution in [0.15, 0.2) is 58.5 Å². The van der Waals surface area contributed by atoms with Crippen molar-refractivity contribution < 1.29 is 4.74 Å². The molecule has 0 aliphatic heterocycles. The third kappa shape index (κ3) is 4.13. The predicted octanol–water partition coefficient (Wildman–Crippen LogP) is 3.79. The molecule has 0 saturated carbocycles. The highest BCUT2D eigenvalue weighted by Gasteiger charge is 2.02. The van der Waals surface area contributed by atoms with Gasteiger partial charge >= 0.3 is 5.69 Å². The minimum absolute atomic E-state index is 0.300. The largest absolute Gasteiger partial charge is 0.494 e. The molecule has 1 aromatic heterocycles. The van der Waals surface area contributed by atoms with E-state index in [1.54, 1.807) is 18.0 Å². The number of rotatable bonds is 6. The molecular formula is C18H18N2O2S. The molecule has 3 rings (SSSR count). The van der Waals surface area contributed by atoms with Crippen LogP contribution in [0, 0.1) is 6.92 Å². The van der Waals surface area contributed by atoms with E-state index >= 15 is 0 Å². The number of aryl methyl sites for hydroxylation is 1. The number of aromatic amines is 1. The highest BCUT2D eigenvalue weighted by molar-refractivity contribution is 7.99. The Morgan fingerprint density at radius 2 is 2.00 bits per heavy atom. The summed E-state index contributed by atoms with van der Waals surface area (Å²) in [4.78, 5) is 17.7. The zero-order valence-electron chi connectivity index (χ0n) is 12.9. The van der Waals surface area contributed by atoms with Gasteiger partial charge in [0, 0.05) is 11.9 Å². The Labute approximate surface area is 138 Å². The van der Waals surface area contributed by atoms with Crippen molar-refractivity contribution >= 4 is 22.5 Å². The van der Waals surface area contributed by atoms with Crippen molar-refractivity contribution in [2.24, 2.45) is 0 Å². The van der Waals surface area contributed by atoms with Crippen LogP contribution in [0.25, 0.3) is 10.8 Å². The summed E-state index contributed by atoms with van der Waals surface area (Å²) in [6.07, 6.45) is 2.51. The predicted molar refractivity (Wildman–Crippen MR) is 94.4 cm³/mol. The number of hydrogen-bond donors (Lipinski definition) is 1. The monoisotopic (exact) mass is 326 g/mol. The van der Waals surface area contributed by atoms with Crippen molar-refractivity contribution in [3.8, 4) is 5.75 Å². The number of H-pyrrole nitrogens is 1. The molecule has 23 heavy (non-hydrogen) atoms. The number of ether oxygens (including phenoxy) is 1. The Morgan fingerprint density at radius 3 is 2.87 bits per heavy atom. The first kappa shape index (κ1) is 15.6. The van der Waals surface area contributed by atoms with Gasteiger partial charge in [-0.05, 0) is 41.8 Å². The summed E-state index contributed by atoms with van der Waals surface area (Å²) in [7, 11) is 0. The van der Waals surface area contributed by atoms with E-state index in [2.05, 4.69) is 34.2 Å². The molecule has 0 bridgehead atoms. The van der Waals surface area contributed by atoms with E-state index in [4.69, 9.17) is 4.74 Å². The van der Waals surface area contributed by atoms with Gasteiger partial charge < -0.3 is 9.72 Å². The van der Waals surface area contributed by atoms with Crippen molar-refractivity contribution in [2.75, 3.05) is 12.4 Å². The molecule has 0 spiro atoms. The fourth-order valence-corrected chi connectivity index (χ4v) is 3.18. The van der Waals surface area contributed by atoms with Gasteiger partial charge in [-0.1, -0.05) is 30.3 Å². The third-order valence-corrected chi connectivity index (χ3v) is 4.68. The van der Waals surface area contributed by atoms with Crippen LogP contribution in [-0.4, -0.2) is 22.3 Å². The second-order valence-corrected chi connectivity index (χ2v) is 6.37. The summed E-state index contributed by atoms with van der Waals surface area (Å²) in [5.41, 5.74) is 0.690. The highest BCUT2D eigenvalue weighted by atomic mass is 32.2. The molecule has 0 atom stereocenters. The van der Waals surface area contributed by atoms with E-state index in [0.717, 1.165) is 28.5 Å². The lowest BCUT2D eigenvalue weighted by Gasteiger charge is -2.08. The van der Waals surface area contributed by atoms with Crippen molar-refractivity contribution in [3.63, 3.8) is 0 Å². The number of hydrogen-bond acceptors (Lipinski definition) is 4. The SMILES string of the molecule is Cc1cnc(=O)[nH]c1SCCCOc1ccc2ccccc2c1. The van der Waals surface area contributed by atoms with Crippen molar-refractivity contribution in [2.45, 2.75) is 18.4 Å². The Kier molecular flexibility index (Phi) is 4.98. The summed E-state index contributed by atoms with van der Waals surface area (Å²) < 4.78 is 5.81. The molecule has 118 valence electrons. The first-order valence-corrected chi connectivity index (χ1v) is 8.51. The summed E-state index contributed by atoms with van der Waals surface area (Å²) in [6.45, 7) is 2.59. The lowest BCUT2D eigenvalue weighted by molar-refractivity contribution is 0.319. The Bertz CT molecular complexity index is 861. The zero-order valence-corrected chi connectivity index (χ0v) is 13.7. The average Bonchev–Trinajstić information content (AvgIpc) is 2.57. The molecule has 0 amide bonds. The van der Waals surface area contributed by atoms with Crippen LogP contribution in [0.4, 0.5) is 0 Å². The van der Waals surface area contributed by atoms with Gasteiger partial charge in [0.25, 0.3) is 0 Å². The molecular weight excluding hydrogens is 308 g/mol. The van der Waals surface area contributed by atoms with Crippen molar-refractivity contribution in [1.82, 2.24) is 9.97 Å². The van der Waals surface area contributed by atoms with E-state index in [0.29, 0.717) is 6.61 Å². The molecule has 2 aromatic carbocycles. The van der Waals surface area contributed by atoms with Crippen LogP contribution in [0.1, 0.15) is 12.0 Å². The van der Waals surface area contributed by atoms with Crippen LogP contribution >= 0.6 is 11.8 Å². The molecule has 0 fully saturated rings. The van der Waals surface area contributed by atoms with Gasteiger partial charge in [-0.25, -0.2) is 9.78 Å². The first-order chi connectivity index (χ1) is 11.2. The molecule has 0 aliphatic carbocycles. The van der Waals surface area contributed by atoms with Crippen LogP contribution in [0.2, 0.25) is 0 Å². The Morgan fingerprint density at radius 1 is 1.17 bits per heavy atom. The number of aromatic nitrogens is 2. The number of thioether (sulfide) groups is 1. The van der Waals surface area contributed by atoms with E-state index in [1.165, 1.54) is 10.8 Å². The molecule has 0 saturated heterocycles. The van der Waals surface area contributed by atoms with Gasteiger partial charge in [0.1, 0.15) is 5.75 Å². The number of nitrogens with one attached hydrogen (secondary N) is 1. The van der Waals surface area contributed by atoms with Crippen molar-refractivity contribution in [3.05, 3.63) is 64.7 Å². The van der Waals surface area contributed by atoms with E-state index < -0.39 is 0 Å². The summed E-state index contributed by atoms with van der Waals surface area (Å²) >= 11 is 1.62. The normalized spacial score (nSPS) is 10.8. The topological polar surface area (TPSA) is 55.0 Å². The average molecular weight is 326 g/mol. The standard InChI is InChI=1S/C18H18N2O2S/c1-13-12-19-18(21)20-17(13)23-10-4-9-22-16-8-7-14-5-2-3-6-15(14)11-16/h2-3,5-8,11-12H,4,9-10H2,1H3,(H,19,20,21). The molecule has 5 heteroatoms. The van der Waals surface area contributed by atoms with Gasteiger partial charge in [0.05, 0.1) is 11.6 Å². The summed E-state index contributed by atoms with van der Waals surface area (Å²) in [6, 6.07) is 14.4. The Balaban J connectivity index is 1.49. The lowest BCUT2D eigenvalue weighted by atomic mass is 10.1. The second kappa shape index (κ2) is 7.33. The minimum Gasteiger partial charge on any atom is -0.494 e. The van der Waals surface area contributed by atoms with E-state index in [9.17, 15) is 4.79 Å². The maximum Gasteiger partial charge on any atom is 0.345 e. The van der Waals surface area contributed by atoms with Gasteiger partial charge in [0.2, 0.25) is 0 Å². The smallest absolute Gasteiger partial charge is 0.345 e. The third-order valence-electron chi connectivity index (χ3n) is 3.48. The zero-order chi connectivity index (χ0) is 16.1. The lowest BCUT2D eigenvalue weighted by Crippen LogP contribution is -2.11. The summed E-state index contributed by atoms with van der Waals surface area (Å²) in [5.74, 6) is 1.77. The molecule has 0 unspecified atom stereocenters. The molecule has 0 aliphatic rings. The maximum absolute atomic E-state index is 11.2. The minimum atomic E-state index is -0.300. The molecule has 1 heterocycles. The molecule has 0 radical (unpaired) electrons. The fraction of sp³-hybridized carbons (Fsp3) is 0.222. The highest BCUT2D eigenvalue weighted by Crippen LogP contribution is 2.21. The number of fused-ring (bicyclic) bond motifs is 1. The van der Waals surface area contributed by atoms with Crippen molar-refractivity contribution in [1.29, 1.82) is 0 Å². The summed E-state index contributed by atoms with van der Waals surface area (Å²) in [5, 5.41) is 3.28. The number of benzene rings is 2. The molecule has 1 N–H and O–H groups in total.